The highest BCUT2D eigenvalue weighted by Crippen LogP contribution is 2.31. The van der Waals surface area contributed by atoms with Crippen molar-refractivity contribution in [1.82, 2.24) is 4.98 Å². The first-order valence-electron chi connectivity index (χ1n) is 9.98. The third-order valence-corrected chi connectivity index (χ3v) is 6.47. The molecule has 5 nitrogen and oxygen atoms in total. The number of carbonyl (C=O) groups is 1. The average molecular weight is 386 g/mol. The number of esters is 1. The van der Waals surface area contributed by atoms with Gasteiger partial charge >= 0.3 is 5.97 Å². The van der Waals surface area contributed by atoms with Crippen LogP contribution in [0.25, 0.3) is 10.9 Å². The van der Waals surface area contributed by atoms with E-state index in [1.807, 2.05) is 6.92 Å². The highest BCUT2D eigenvalue weighted by atomic mass is 32.2. The van der Waals surface area contributed by atoms with Crippen molar-refractivity contribution >= 4 is 39.4 Å². The van der Waals surface area contributed by atoms with Gasteiger partial charge in [0.25, 0.3) is 0 Å². The molecule has 2 N–H and O–H groups in total. The van der Waals surface area contributed by atoms with E-state index in [4.69, 9.17) is 9.73 Å². The maximum Gasteiger partial charge on any atom is 0.305 e. The molecule has 1 aromatic carbocycles. The number of para-hydroxylation sites is 1. The number of H-pyrrole nitrogens is 1. The van der Waals surface area contributed by atoms with Crippen LogP contribution in [0.15, 0.2) is 29.3 Å². The summed E-state index contributed by atoms with van der Waals surface area (Å²) < 4.78 is 5.19. The highest BCUT2D eigenvalue weighted by Gasteiger charge is 2.22. The summed E-state index contributed by atoms with van der Waals surface area (Å²) in [5, 5.41) is 5.99. The molecular weight excluding hydrogens is 358 g/mol. The monoisotopic (exact) mass is 385 g/mol. The number of fused-ring (bicyclic) bond motifs is 1. The summed E-state index contributed by atoms with van der Waals surface area (Å²) >= 11 is 1.78. The fourth-order valence-corrected chi connectivity index (χ4v) is 4.88. The number of rotatable bonds is 7. The van der Waals surface area contributed by atoms with Gasteiger partial charge in [-0.25, -0.2) is 0 Å². The van der Waals surface area contributed by atoms with E-state index in [0.29, 0.717) is 19.1 Å². The molecule has 2 heterocycles. The molecule has 1 aromatic heterocycles. The number of carbonyl (C=O) groups excluding carboxylic acids is 1. The van der Waals surface area contributed by atoms with Crippen molar-refractivity contribution in [1.29, 1.82) is 0 Å². The predicted molar refractivity (Wildman–Crippen MR) is 113 cm³/mol. The summed E-state index contributed by atoms with van der Waals surface area (Å²) in [5.41, 5.74) is 3.45. The first-order valence-corrected chi connectivity index (χ1v) is 11.0. The van der Waals surface area contributed by atoms with Gasteiger partial charge in [0.2, 0.25) is 0 Å². The third kappa shape index (κ3) is 4.32. The van der Waals surface area contributed by atoms with Crippen LogP contribution in [0, 0.1) is 0 Å². The van der Waals surface area contributed by atoms with Gasteiger partial charge in [-0.3, -0.25) is 9.79 Å². The smallest absolute Gasteiger partial charge is 0.305 e. The summed E-state index contributed by atoms with van der Waals surface area (Å²) in [6.07, 6.45) is 6.39. The standard InChI is InChI=1S/C21H27N3O2S/c1-2-19(25)26-11-10-16-13-27-21(23-16)18-12-14-6-5-9-17(20(14)24-18)22-15-7-3-4-8-15/h5-6,9,12,15-16,22,24H,2-4,7-8,10-11,13H2,1H3/t16-/m1/s1. The third-order valence-electron chi connectivity index (χ3n) is 5.32. The number of benzene rings is 1. The Hall–Kier alpha value is -1.95. The zero-order valence-corrected chi connectivity index (χ0v) is 16.6. The fraction of sp³-hybridized carbons (Fsp3) is 0.524. The summed E-state index contributed by atoms with van der Waals surface area (Å²) in [7, 11) is 0. The second-order valence-electron chi connectivity index (χ2n) is 7.34. The van der Waals surface area contributed by atoms with Gasteiger partial charge in [-0.1, -0.05) is 31.9 Å². The Morgan fingerprint density at radius 2 is 2.22 bits per heavy atom. The van der Waals surface area contributed by atoms with E-state index in [1.165, 1.54) is 42.3 Å². The van der Waals surface area contributed by atoms with Crippen LogP contribution in [0.3, 0.4) is 0 Å². The molecule has 2 aromatic rings. The van der Waals surface area contributed by atoms with Gasteiger partial charge in [0.05, 0.1) is 29.5 Å². The number of hydrogen-bond donors (Lipinski definition) is 2. The van der Waals surface area contributed by atoms with Crippen molar-refractivity contribution in [2.45, 2.75) is 57.5 Å². The Balaban J connectivity index is 1.45. The number of nitrogens with one attached hydrogen (secondary N) is 2. The van der Waals surface area contributed by atoms with Crippen LogP contribution in [-0.4, -0.2) is 40.4 Å². The lowest BCUT2D eigenvalue weighted by atomic mass is 10.2. The minimum Gasteiger partial charge on any atom is -0.466 e. The predicted octanol–water partition coefficient (Wildman–Crippen LogP) is 4.73. The SMILES string of the molecule is CCC(=O)OCC[C@@H]1CSC(c2cc3cccc(NC4CCCC4)c3[nH]2)=N1. The molecule has 1 saturated carbocycles. The van der Waals surface area contributed by atoms with Gasteiger partial charge in [-0.15, -0.1) is 11.8 Å². The van der Waals surface area contributed by atoms with Crippen molar-refractivity contribution in [3.63, 3.8) is 0 Å². The van der Waals surface area contributed by atoms with E-state index in [2.05, 4.69) is 34.6 Å². The lowest BCUT2D eigenvalue weighted by Gasteiger charge is -2.14. The van der Waals surface area contributed by atoms with E-state index >= 15 is 0 Å². The minimum atomic E-state index is -0.136. The molecule has 0 amide bonds. The van der Waals surface area contributed by atoms with Gasteiger partial charge in [-0.2, -0.15) is 0 Å². The van der Waals surface area contributed by atoms with E-state index in [1.54, 1.807) is 11.8 Å². The molecule has 0 bridgehead atoms. The molecule has 0 spiro atoms. The van der Waals surface area contributed by atoms with Crippen molar-refractivity contribution in [3.05, 3.63) is 30.0 Å². The Morgan fingerprint density at radius 1 is 1.37 bits per heavy atom. The molecule has 1 aliphatic carbocycles. The number of aromatic amines is 1. The van der Waals surface area contributed by atoms with Crippen LogP contribution in [0.2, 0.25) is 0 Å². The van der Waals surface area contributed by atoms with E-state index in [9.17, 15) is 4.79 Å². The van der Waals surface area contributed by atoms with Crippen molar-refractivity contribution in [2.24, 2.45) is 4.99 Å². The van der Waals surface area contributed by atoms with Gasteiger partial charge in [-0.05, 0) is 25.0 Å². The molecule has 6 heteroatoms. The zero-order valence-electron chi connectivity index (χ0n) is 15.8. The van der Waals surface area contributed by atoms with Crippen molar-refractivity contribution < 1.29 is 9.53 Å². The Morgan fingerprint density at radius 3 is 3.04 bits per heavy atom. The summed E-state index contributed by atoms with van der Waals surface area (Å²) in [4.78, 5) is 19.7. The van der Waals surface area contributed by atoms with Gasteiger partial charge < -0.3 is 15.0 Å². The second kappa shape index (κ2) is 8.38. The topological polar surface area (TPSA) is 66.5 Å². The van der Waals surface area contributed by atoms with E-state index < -0.39 is 0 Å². The summed E-state index contributed by atoms with van der Waals surface area (Å²) in [5.74, 6) is 0.810. The number of ether oxygens (including phenoxy) is 1. The van der Waals surface area contributed by atoms with Crippen molar-refractivity contribution in [2.75, 3.05) is 17.7 Å². The number of anilines is 1. The Bertz CT molecular complexity index is 839. The fourth-order valence-electron chi connectivity index (χ4n) is 3.80. The van der Waals surface area contributed by atoms with Crippen LogP contribution in [0.1, 0.15) is 51.1 Å². The molecule has 0 unspecified atom stereocenters. The molecular formula is C21H27N3O2S. The minimum absolute atomic E-state index is 0.136. The van der Waals surface area contributed by atoms with E-state index in [-0.39, 0.29) is 12.0 Å². The summed E-state index contributed by atoms with van der Waals surface area (Å²) in [6.45, 7) is 2.27. The quantitative estimate of drug-likeness (QED) is 0.676. The summed E-state index contributed by atoms with van der Waals surface area (Å²) in [6, 6.07) is 9.44. The first-order chi connectivity index (χ1) is 13.2. The molecule has 1 atom stereocenters. The molecule has 0 radical (unpaired) electrons. The van der Waals surface area contributed by atoms with Crippen LogP contribution < -0.4 is 5.32 Å². The number of nitrogens with zero attached hydrogens (tertiary/aromatic N) is 1. The molecule has 0 saturated heterocycles. The lowest BCUT2D eigenvalue weighted by molar-refractivity contribution is -0.143. The molecule has 4 rings (SSSR count). The zero-order chi connectivity index (χ0) is 18.6. The number of aliphatic imine (C=N–C) groups is 1. The Kier molecular flexibility index (Phi) is 5.72. The van der Waals surface area contributed by atoms with Gasteiger partial charge in [0.1, 0.15) is 5.04 Å². The largest absolute Gasteiger partial charge is 0.466 e. The second-order valence-corrected chi connectivity index (χ2v) is 8.35. The number of aromatic nitrogens is 1. The molecule has 27 heavy (non-hydrogen) atoms. The molecule has 1 fully saturated rings. The Labute approximate surface area is 164 Å². The van der Waals surface area contributed by atoms with E-state index in [0.717, 1.165) is 22.9 Å². The van der Waals surface area contributed by atoms with Crippen LogP contribution in [-0.2, 0) is 9.53 Å². The molecule has 2 aliphatic rings. The van der Waals surface area contributed by atoms with Crippen LogP contribution >= 0.6 is 11.8 Å². The molecule has 144 valence electrons. The number of thioether (sulfide) groups is 1. The van der Waals surface area contributed by atoms with Crippen molar-refractivity contribution in [3.8, 4) is 0 Å². The number of hydrogen-bond acceptors (Lipinski definition) is 5. The maximum atomic E-state index is 11.3. The molecule has 1 aliphatic heterocycles. The first kappa shape index (κ1) is 18.4. The maximum absolute atomic E-state index is 11.3. The van der Waals surface area contributed by atoms with Crippen LogP contribution in [0.5, 0.6) is 0 Å². The lowest BCUT2D eigenvalue weighted by Crippen LogP contribution is -2.14. The normalized spacial score (nSPS) is 20.2. The van der Waals surface area contributed by atoms with Gasteiger partial charge in [0.15, 0.2) is 0 Å². The average Bonchev–Trinajstić information content (AvgIpc) is 3.42. The van der Waals surface area contributed by atoms with Gasteiger partial charge in [0, 0.05) is 30.0 Å². The highest BCUT2D eigenvalue weighted by molar-refractivity contribution is 8.14. The van der Waals surface area contributed by atoms with Crippen LogP contribution in [0.4, 0.5) is 5.69 Å².